The van der Waals surface area contributed by atoms with Gasteiger partial charge in [0.1, 0.15) is 0 Å². The van der Waals surface area contributed by atoms with Gasteiger partial charge in [-0.15, -0.1) is 0 Å². The van der Waals surface area contributed by atoms with Crippen molar-refractivity contribution in [1.82, 2.24) is 4.72 Å². The smallest absolute Gasteiger partial charge is 0.309 e. The van der Waals surface area contributed by atoms with Crippen LogP contribution in [-0.2, 0) is 37.2 Å². The fourth-order valence-corrected chi connectivity index (χ4v) is 6.63. The second-order valence-electron chi connectivity index (χ2n) is 6.30. The summed E-state index contributed by atoms with van der Waals surface area (Å²) in [5, 5.41) is 2.03. The molecule has 0 fully saturated rings. The van der Waals surface area contributed by atoms with E-state index in [1.165, 1.54) is 30.3 Å². The molecule has 0 saturated carbocycles. The highest BCUT2D eigenvalue weighted by Gasteiger charge is 2.37. The van der Waals surface area contributed by atoms with Gasteiger partial charge in [0.05, 0.1) is 15.5 Å². The van der Waals surface area contributed by atoms with Gasteiger partial charge in [0.15, 0.2) is 0 Å². The number of anilines is 1. The van der Waals surface area contributed by atoms with Gasteiger partial charge in [0.25, 0.3) is 10.0 Å². The first kappa shape index (κ1) is 26.2. The molecule has 2 aromatic rings. The molecule has 176 valence electrons. The van der Waals surface area contributed by atoms with E-state index in [2.05, 4.69) is 5.32 Å². The zero-order valence-corrected chi connectivity index (χ0v) is 20.6. The molecule has 2 aromatic carbocycles. The lowest BCUT2D eigenvalue weighted by Gasteiger charge is -2.22. The van der Waals surface area contributed by atoms with E-state index in [9.17, 15) is 22.3 Å². The van der Waals surface area contributed by atoms with E-state index in [0.717, 1.165) is 34.0 Å². The molecule has 0 heterocycles. The van der Waals surface area contributed by atoms with Crippen LogP contribution >= 0.6 is 15.2 Å². The van der Waals surface area contributed by atoms with Gasteiger partial charge in [-0.3, -0.25) is 9.13 Å². The Hall–Kier alpha value is -2.04. The quantitative estimate of drug-likeness (QED) is 0.490. The Morgan fingerprint density at radius 1 is 0.812 bits per heavy atom. The van der Waals surface area contributed by atoms with Crippen molar-refractivity contribution in [2.75, 3.05) is 33.8 Å². The molecule has 0 aliphatic rings. The number of nitrogens with one attached hydrogen (secondary N) is 2. The first-order chi connectivity index (χ1) is 14.9. The number of hydrogen-bond donors (Lipinski definition) is 2. The molecule has 0 aromatic heterocycles. The van der Waals surface area contributed by atoms with Crippen molar-refractivity contribution >= 4 is 47.5 Å². The molecule has 2 rings (SSSR count). The Kier molecular flexibility index (Phi) is 8.41. The van der Waals surface area contributed by atoms with Crippen molar-refractivity contribution < 1.29 is 40.4 Å². The predicted octanol–water partition coefficient (Wildman–Crippen LogP) is 2.73. The van der Waals surface area contributed by atoms with Crippen LogP contribution in [0.25, 0.3) is 0 Å². The molecule has 0 atom stereocenters. The third kappa shape index (κ3) is 5.65. The maximum absolute atomic E-state index is 13.0. The summed E-state index contributed by atoms with van der Waals surface area (Å²) in [5.74, 6) is 0. The first-order valence-electron chi connectivity index (χ1n) is 8.93. The molecule has 0 aliphatic heterocycles. The fourth-order valence-electron chi connectivity index (χ4n) is 2.65. The largest absolute Gasteiger partial charge is 0.361 e. The van der Waals surface area contributed by atoms with E-state index in [1.54, 1.807) is 19.1 Å². The number of urea groups is 1. The van der Waals surface area contributed by atoms with Crippen LogP contribution in [0.15, 0.2) is 47.4 Å². The second kappa shape index (κ2) is 10.3. The molecule has 0 radical (unpaired) electrons. The highest BCUT2D eigenvalue weighted by atomic mass is 32.2. The Morgan fingerprint density at radius 3 is 1.81 bits per heavy atom. The molecule has 0 bridgehead atoms. The van der Waals surface area contributed by atoms with Crippen LogP contribution in [0.3, 0.4) is 0 Å². The molecule has 11 nitrogen and oxygen atoms in total. The van der Waals surface area contributed by atoms with Crippen molar-refractivity contribution in [3.8, 4) is 0 Å². The fraction of sp³-hybridized carbons (Fsp3) is 0.278. The summed E-state index contributed by atoms with van der Waals surface area (Å²) in [5.41, 5.74) is 0.875. The van der Waals surface area contributed by atoms with Gasteiger partial charge in [-0.2, -0.15) is 0 Å². The minimum Gasteiger partial charge on any atom is -0.309 e. The number of hydrogen-bond acceptors (Lipinski definition) is 9. The van der Waals surface area contributed by atoms with Crippen LogP contribution < -0.4 is 20.6 Å². The Morgan fingerprint density at radius 2 is 1.31 bits per heavy atom. The molecule has 0 saturated heterocycles. The van der Waals surface area contributed by atoms with E-state index in [-0.39, 0.29) is 21.2 Å². The van der Waals surface area contributed by atoms with E-state index in [1.807, 2.05) is 4.72 Å². The van der Waals surface area contributed by atoms with Crippen molar-refractivity contribution in [2.45, 2.75) is 11.8 Å². The van der Waals surface area contributed by atoms with Gasteiger partial charge in [0, 0.05) is 34.1 Å². The third-order valence-electron chi connectivity index (χ3n) is 4.34. The van der Waals surface area contributed by atoms with Crippen LogP contribution in [0, 0.1) is 6.92 Å². The van der Waals surface area contributed by atoms with Crippen molar-refractivity contribution in [3.05, 3.63) is 48.0 Å². The Bertz CT molecular complexity index is 1170. The highest BCUT2D eigenvalue weighted by molar-refractivity contribution is 7.90. The average Bonchev–Trinajstić information content (AvgIpc) is 2.77. The van der Waals surface area contributed by atoms with E-state index in [4.69, 9.17) is 18.1 Å². The zero-order valence-electron chi connectivity index (χ0n) is 18.0. The molecule has 0 unspecified atom stereocenters. The average molecular weight is 506 g/mol. The Labute approximate surface area is 186 Å². The van der Waals surface area contributed by atoms with Gasteiger partial charge in [-0.25, -0.2) is 17.9 Å². The van der Waals surface area contributed by atoms with E-state index >= 15 is 0 Å². The van der Waals surface area contributed by atoms with Crippen molar-refractivity contribution in [2.24, 2.45) is 0 Å². The van der Waals surface area contributed by atoms with Crippen LogP contribution in [0.2, 0.25) is 0 Å². The number of benzene rings is 2. The number of carbonyl (C=O) groups excluding carboxylic acids is 1. The van der Waals surface area contributed by atoms with Crippen LogP contribution in [0.1, 0.15) is 5.56 Å². The highest BCUT2D eigenvalue weighted by Crippen LogP contribution is 2.51. The summed E-state index contributed by atoms with van der Waals surface area (Å²) < 4.78 is 72.5. The predicted molar refractivity (Wildman–Crippen MR) is 119 cm³/mol. The van der Waals surface area contributed by atoms with Crippen molar-refractivity contribution in [1.29, 1.82) is 0 Å². The SMILES string of the molecule is COP(=O)(OC)c1ccc(NC(=O)NS(=O)(=O)c2ccc(C)cc2)cc1P(=O)(OC)OC. The molecule has 0 spiro atoms. The Balaban J connectivity index is 2.40. The van der Waals surface area contributed by atoms with Gasteiger partial charge in [0.2, 0.25) is 0 Å². The van der Waals surface area contributed by atoms with Gasteiger partial charge in [-0.1, -0.05) is 17.7 Å². The summed E-state index contributed by atoms with van der Waals surface area (Å²) in [7, 11) is -7.45. The maximum atomic E-state index is 13.0. The maximum Gasteiger partial charge on any atom is 0.361 e. The number of carbonyl (C=O) groups is 1. The lowest BCUT2D eigenvalue weighted by Crippen LogP contribution is -2.35. The topological polar surface area (TPSA) is 146 Å². The molecule has 2 amide bonds. The first-order valence-corrected chi connectivity index (χ1v) is 13.5. The molecule has 2 N–H and O–H groups in total. The molecule has 14 heteroatoms. The number of rotatable bonds is 9. The van der Waals surface area contributed by atoms with Crippen LogP contribution in [-0.4, -0.2) is 42.9 Å². The molecular formula is C18H24N2O9P2S. The van der Waals surface area contributed by atoms with Gasteiger partial charge >= 0.3 is 21.2 Å². The summed E-state index contributed by atoms with van der Waals surface area (Å²) in [6, 6.07) is 8.55. The normalized spacial score (nSPS) is 12.4. The second-order valence-corrected chi connectivity index (χ2v) is 12.4. The summed E-state index contributed by atoms with van der Waals surface area (Å²) in [4.78, 5) is 12.2. The third-order valence-corrected chi connectivity index (χ3v) is 9.73. The zero-order chi connectivity index (χ0) is 24.2. The minimum absolute atomic E-state index is 0.0217. The van der Waals surface area contributed by atoms with E-state index < -0.39 is 31.2 Å². The summed E-state index contributed by atoms with van der Waals surface area (Å²) in [6.45, 7) is 1.79. The number of sulfonamides is 1. The van der Waals surface area contributed by atoms with Gasteiger partial charge in [-0.05, 0) is 37.3 Å². The molecular weight excluding hydrogens is 482 g/mol. The number of amides is 2. The van der Waals surface area contributed by atoms with Crippen LogP contribution in [0.4, 0.5) is 10.5 Å². The lowest BCUT2D eigenvalue weighted by atomic mass is 10.2. The summed E-state index contributed by atoms with van der Waals surface area (Å²) >= 11 is 0. The van der Waals surface area contributed by atoms with Crippen molar-refractivity contribution in [3.63, 3.8) is 0 Å². The summed E-state index contributed by atoms with van der Waals surface area (Å²) in [6.07, 6.45) is 0. The standard InChI is InChI=1S/C18H24N2O9P2S/c1-13-6-9-15(10-7-13)32(24,25)20-18(21)19-14-8-11-16(30(22,26-2)27-3)17(12-14)31(23,28-4)29-5/h6-12H,1-5H3,(H2,19,20,21). The van der Waals surface area contributed by atoms with Gasteiger partial charge < -0.3 is 23.4 Å². The lowest BCUT2D eigenvalue weighted by molar-refractivity contribution is 0.256. The molecule has 0 aliphatic carbocycles. The monoisotopic (exact) mass is 506 g/mol. The van der Waals surface area contributed by atoms with Crippen LogP contribution in [0.5, 0.6) is 0 Å². The minimum atomic E-state index is -4.13. The number of aryl methyl sites for hydroxylation is 1. The molecule has 32 heavy (non-hydrogen) atoms. The van der Waals surface area contributed by atoms with E-state index in [0.29, 0.717) is 0 Å².